The molecule has 0 spiro atoms. The molecule has 0 aliphatic rings. The molecule has 0 saturated carbocycles. The number of nitrogens with zero attached hydrogens (tertiary/aromatic N) is 2. The first-order valence-electron chi connectivity index (χ1n) is 4.57. The van der Waals surface area contributed by atoms with Gasteiger partial charge < -0.3 is 0 Å². The molecule has 0 amide bonds. The normalized spacial score (nSPS) is 10.6. The molecule has 1 aromatic heterocycles. The second-order valence-electron chi connectivity index (χ2n) is 3.38. The second-order valence-corrected chi connectivity index (χ2v) is 4.06. The van der Waals surface area contributed by atoms with Crippen molar-refractivity contribution < 1.29 is 0 Å². The topological polar surface area (TPSA) is 17.8 Å². The lowest BCUT2D eigenvalue weighted by atomic mass is 10.2. The summed E-state index contributed by atoms with van der Waals surface area (Å²) in [6, 6.07) is 5.73. The Morgan fingerprint density at radius 1 is 1.40 bits per heavy atom. The van der Waals surface area contributed by atoms with Crippen molar-refractivity contribution in [3.63, 3.8) is 0 Å². The number of benzene rings is 1. The van der Waals surface area contributed by atoms with E-state index in [1.54, 1.807) is 10.9 Å². The minimum atomic E-state index is 0.470. The number of aromatic nitrogens is 2. The molecule has 2 rings (SSSR count). The number of hydrogen-bond donors (Lipinski definition) is 0. The molecule has 4 heteroatoms. The molecule has 2 aromatic rings. The molecular weight excluding hydrogens is 231 g/mol. The molecule has 0 fully saturated rings. The molecule has 0 unspecified atom stereocenters. The van der Waals surface area contributed by atoms with Crippen molar-refractivity contribution in [3.8, 4) is 5.69 Å². The zero-order valence-corrected chi connectivity index (χ0v) is 9.76. The van der Waals surface area contributed by atoms with Gasteiger partial charge in [-0.3, -0.25) is 0 Å². The zero-order valence-electron chi connectivity index (χ0n) is 8.24. The first-order chi connectivity index (χ1) is 7.20. The Morgan fingerprint density at radius 2 is 2.20 bits per heavy atom. The molecule has 0 aliphatic carbocycles. The van der Waals surface area contributed by atoms with E-state index >= 15 is 0 Å². The minimum absolute atomic E-state index is 0.470. The number of aryl methyl sites for hydroxylation is 1. The van der Waals surface area contributed by atoms with Crippen molar-refractivity contribution in [1.82, 2.24) is 9.78 Å². The van der Waals surface area contributed by atoms with E-state index in [0.717, 1.165) is 16.8 Å². The minimum Gasteiger partial charge on any atom is -0.239 e. The number of rotatable bonds is 2. The Bertz CT molecular complexity index is 477. The molecule has 0 radical (unpaired) electrons. The van der Waals surface area contributed by atoms with Gasteiger partial charge in [-0.2, -0.15) is 5.10 Å². The summed E-state index contributed by atoms with van der Waals surface area (Å²) < 4.78 is 1.76. The summed E-state index contributed by atoms with van der Waals surface area (Å²) in [7, 11) is 0. The summed E-state index contributed by atoms with van der Waals surface area (Å²) in [5.74, 6) is 0.470. The van der Waals surface area contributed by atoms with E-state index < -0.39 is 0 Å². The standard InChI is InChI=1S/C11H10Cl2N2/c1-8-6-14-15(7-8)11-3-2-9(5-12)4-10(11)13/h2-4,6-7H,5H2,1H3. The lowest BCUT2D eigenvalue weighted by Crippen LogP contribution is -1.95. The summed E-state index contributed by atoms with van der Waals surface area (Å²) in [4.78, 5) is 0. The van der Waals surface area contributed by atoms with Gasteiger partial charge in [0.1, 0.15) is 0 Å². The molecule has 2 nitrogen and oxygen atoms in total. The maximum absolute atomic E-state index is 6.13. The Balaban J connectivity index is 2.45. The summed E-state index contributed by atoms with van der Waals surface area (Å²) >= 11 is 11.9. The van der Waals surface area contributed by atoms with Gasteiger partial charge in [-0.05, 0) is 30.2 Å². The predicted molar refractivity (Wildman–Crippen MR) is 62.9 cm³/mol. The highest BCUT2D eigenvalue weighted by molar-refractivity contribution is 6.32. The van der Waals surface area contributed by atoms with E-state index in [-0.39, 0.29) is 0 Å². The molecule has 15 heavy (non-hydrogen) atoms. The van der Waals surface area contributed by atoms with Crippen LogP contribution in [0.1, 0.15) is 11.1 Å². The highest BCUT2D eigenvalue weighted by Crippen LogP contribution is 2.22. The Hall–Kier alpha value is -0.990. The molecule has 1 heterocycles. The van der Waals surface area contributed by atoms with Crippen molar-refractivity contribution >= 4 is 23.2 Å². The van der Waals surface area contributed by atoms with Crippen molar-refractivity contribution in [3.05, 3.63) is 46.7 Å². The van der Waals surface area contributed by atoms with Gasteiger partial charge in [0.15, 0.2) is 0 Å². The maximum Gasteiger partial charge on any atom is 0.0832 e. The van der Waals surface area contributed by atoms with Crippen molar-refractivity contribution in [1.29, 1.82) is 0 Å². The fraction of sp³-hybridized carbons (Fsp3) is 0.182. The summed E-state index contributed by atoms with van der Waals surface area (Å²) in [5, 5.41) is 4.86. The van der Waals surface area contributed by atoms with Crippen LogP contribution in [0.2, 0.25) is 5.02 Å². The van der Waals surface area contributed by atoms with Crippen LogP contribution in [-0.2, 0) is 5.88 Å². The van der Waals surface area contributed by atoms with Crippen molar-refractivity contribution in [2.75, 3.05) is 0 Å². The monoisotopic (exact) mass is 240 g/mol. The van der Waals surface area contributed by atoms with Gasteiger partial charge in [0, 0.05) is 12.1 Å². The van der Waals surface area contributed by atoms with Gasteiger partial charge in [0.05, 0.1) is 16.9 Å². The predicted octanol–water partition coefficient (Wildman–Crippen LogP) is 3.57. The van der Waals surface area contributed by atoms with Crippen LogP contribution in [0.3, 0.4) is 0 Å². The van der Waals surface area contributed by atoms with Gasteiger partial charge in [0.25, 0.3) is 0 Å². The van der Waals surface area contributed by atoms with E-state index in [1.165, 1.54) is 0 Å². The van der Waals surface area contributed by atoms with E-state index in [9.17, 15) is 0 Å². The largest absolute Gasteiger partial charge is 0.239 e. The quantitative estimate of drug-likeness (QED) is 0.735. The van der Waals surface area contributed by atoms with Crippen LogP contribution in [0.15, 0.2) is 30.6 Å². The average molecular weight is 241 g/mol. The summed E-state index contributed by atoms with van der Waals surface area (Å²) in [5.41, 5.74) is 2.99. The van der Waals surface area contributed by atoms with Crippen LogP contribution in [0, 0.1) is 6.92 Å². The lowest BCUT2D eigenvalue weighted by molar-refractivity contribution is 0.880. The van der Waals surface area contributed by atoms with Crippen molar-refractivity contribution in [2.24, 2.45) is 0 Å². The third-order valence-corrected chi connectivity index (χ3v) is 2.74. The summed E-state index contributed by atoms with van der Waals surface area (Å²) in [6.07, 6.45) is 3.73. The Kier molecular flexibility index (Phi) is 2.98. The van der Waals surface area contributed by atoms with Gasteiger partial charge in [0.2, 0.25) is 0 Å². The molecule has 1 aromatic carbocycles. The third kappa shape index (κ3) is 2.16. The fourth-order valence-corrected chi connectivity index (χ4v) is 1.82. The fourth-order valence-electron chi connectivity index (χ4n) is 1.36. The van der Waals surface area contributed by atoms with E-state index in [0.29, 0.717) is 10.9 Å². The first-order valence-corrected chi connectivity index (χ1v) is 5.48. The van der Waals surface area contributed by atoms with Crippen LogP contribution in [-0.4, -0.2) is 9.78 Å². The third-order valence-electron chi connectivity index (χ3n) is 2.12. The molecule has 0 N–H and O–H groups in total. The molecular formula is C11H10Cl2N2. The first kappa shape index (κ1) is 10.5. The number of halogens is 2. The molecule has 0 atom stereocenters. The van der Waals surface area contributed by atoms with Gasteiger partial charge in [-0.25, -0.2) is 4.68 Å². The number of alkyl halides is 1. The highest BCUT2D eigenvalue weighted by Gasteiger charge is 2.04. The van der Waals surface area contributed by atoms with E-state index in [4.69, 9.17) is 23.2 Å². The van der Waals surface area contributed by atoms with Gasteiger partial charge in [-0.15, -0.1) is 11.6 Å². The molecule has 78 valence electrons. The number of hydrogen-bond acceptors (Lipinski definition) is 1. The maximum atomic E-state index is 6.13. The highest BCUT2D eigenvalue weighted by atomic mass is 35.5. The average Bonchev–Trinajstić information content (AvgIpc) is 2.64. The second kappa shape index (κ2) is 4.25. The molecule has 0 aliphatic heterocycles. The SMILES string of the molecule is Cc1cnn(-c2ccc(CCl)cc2Cl)c1. The van der Waals surface area contributed by atoms with Crippen LogP contribution in [0.25, 0.3) is 5.69 Å². The smallest absolute Gasteiger partial charge is 0.0832 e. The van der Waals surface area contributed by atoms with Crippen molar-refractivity contribution in [2.45, 2.75) is 12.8 Å². The van der Waals surface area contributed by atoms with Crippen LogP contribution < -0.4 is 0 Å². The molecule has 0 saturated heterocycles. The summed E-state index contributed by atoms with van der Waals surface area (Å²) in [6.45, 7) is 1.99. The van der Waals surface area contributed by atoms with Crippen LogP contribution in [0.5, 0.6) is 0 Å². The lowest BCUT2D eigenvalue weighted by Gasteiger charge is -2.05. The van der Waals surface area contributed by atoms with E-state index in [1.807, 2.05) is 31.3 Å². The zero-order chi connectivity index (χ0) is 10.8. The van der Waals surface area contributed by atoms with E-state index in [2.05, 4.69) is 5.10 Å². The van der Waals surface area contributed by atoms with Crippen LogP contribution in [0.4, 0.5) is 0 Å². The Morgan fingerprint density at radius 3 is 2.73 bits per heavy atom. The van der Waals surface area contributed by atoms with Crippen LogP contribution >= 0.6 is 23.2 Å². The Labute approximate surface area is 98.4 Å². The van der Waals surface area contributed by atoms with Gasteiger partial charge >= 0.3 is 0 Å². The molecule has 0 bridgehead atoms. The van der Waals surface area contributed by atoms with Gasteiger partial charge in [-0.1, -0.05) is 17.7 Å².